The van der Waals surface area contributed by atoms with E-state index in [-0.39, 0.29) is 0 Å². The molecule has 0 atom stereocenters. The van der Waals surface area contributed by atoms with E-state index in [4.69, 9.17) is 5.73 Å². The SMILES string of the molecule is CN1CCN(c2cccc3[nH]c4c(C(N)=O)nccc4c23)CC1. The first-order valence-electron chi connectivity index (χ1n) is 7.78. The standard InChI is InChI=1S/C17H19N5O/c1-21-7-9-22(10-8-21)13-4-2-3-12-14(13)11-5-6-19-16(17(18)23)15(11)20-12/h2-6,20H,7-10H2,1H3,(H2,18,23). The van der Waals surface area contributed by atoms with E-state index in [0.29, 0.717) is 5.69 Å². The van der Waals surface area contributed by atoms with Gasteiger partial charge in [-0.05, 0) is 25.2 Å². The van der Waals surface area contributed by atoms with E-state index >= 15 is 0 Å². The van der Waals surface area contributed by atoms with Gasteiger partial charge in [0.1, 0.15) is 0 Å². The lowest BCUT2D eigenvalue weighted by Gasteiger charge is -2.34. The molecule has 2 aromatic heterocycles. The molecule has 1 aliphatic heterocycles. The maximum Gasteiger partial charge on any atom is 0.269 e. The van der Waals surface area contributed by atoms with Crippen LogP contribution in [0, 0.1) is 0 Å². The topological polar surface area (TPSA) is 78.2 Å². The average Bonchev–Trinajstić information content (AvgIpc) is 2.94. The van der Waals surface area contributed by atoms with Gasteiger partial charge in [-0.15, -0.1) is 0 Å². The molecular formula is C17H19N5O. The number of carbonyl (C=O) groups excluding carboxylic acids is 1. The molecule has 4 rings (SSSR count). The van der Waals surface area contributed by atoms with Crippen molar-refractivity contribution in [3.63, 3.8) is 0 Å². The van der Waals surface area contributed by atoms with Gasteiger partial charge in [0.2, 0.25) is 0 Å². The maximum atomic E-state index is 11.6. The Labute approximate surface area is 133 Å². The zero-order valence-corrected chi connectivity index (χ0v) is 13.0. The van der Waals surface area contributed by atoms with Gasteiger partial charge in [-0.2, -0.15) is 0 Å². The summed E-state index contributed by atoms with van der Waals surface area (Å²) in [6, 6.07) is 8.16. The van der Waals surface area contributed by atoms with Crippen LogP contribution in [0.2, 0.25) is 0 Å². The summed E-state index contributed by atoms with van der Waals surface area (Å²) in [5, 5.41) is 2.13. The minimum Gasteiger partial charge on any atom is -0.368 e. The zero-order valence-electron chi connectivity index (χ0n) is 13.0. The van der Waals surface area contributed by atoms with Crippen molar-refractivity contribution in [3.05, 3.63) is 36.2 Å². The molecule has 3 heterocycles. The van der Waals surface area contributed by atoms with Crippen LogP contribution < -0.4 is 10.6 Å². The molecule has 6 nitrogen and oxygen atoms in total. The molecule has 0 radical (unpaired) electrons. The minimum atomic E-state index is -0.511. The molecule has 1 amide bonds. The second-order valence-electron chi connectivity index (χ2n) is 6.06. The Morgan fingerprint density at radius 3 is 2.74 bits per heavy atom. The summed E-state index contributed by atoms with van der Waals surface area (Å²) in [4.78, 5) is 23.8. The molecular weight excluding hydrogens is 290 g/mol. The number of aromatic nitrogens is 2. The lowest BCUT2D eigenvalue weighted by Crippen LogP contribution is -2.44. The van der Waals surface area contributed by atoms with Crippen molar-refractivity contribution >= 4 is 33.4 Å². The Bertz CT molecular complexity index is 893. The number of piperazine rings is 1. The highest BCUT2D eigenvalue weighted by Gasteiger charge is 2.20. The number of H-pyrrole nitrogens is 1. The highest BCUT2D eigenvalue weighted by atomic mass is 16.1. The summed E-state index contributed by atoms with van der Waals surface area (Å²) in [5.74, 6) is -0.511. The Kier molecular flexibility index (Phi) is 3.20. The predicted octanol–water partition coefficient (Wildman–Crippen LogP) is 1.57. The van der Waals surface area contributed by atoms with Crippen LogP contribution in [0.25, 0.3) is 21.8 Å². The largest absolute Gasteiger partial charge is 0.368 e. The molecule has 3 N–H and O–H groups in total. The van der Waals surface area contributed by atoms with Crippen LogP contribution in [0.4, 0.5) is 5.69 Å². The van der Waals surface area contributed by atoms with Gasteiger partial charge >= 0.3 is 0 Å². The van der Waals surface area contributed by atoms with E-state index in [2.05, 4.69) is 32.9 Å². The molecule has 1 aliphatic rings. The summed E-state index contributed by atoms with van der Waals surface area (Å²) in [6.45, 7) is 4.09. The van der Waals surface area contributed by atoms with Crippen molar-refractivity contribution < 1.29 is 4.79 Å². The van der Waals surface area contributed by atoms with Crippen LogP contribution in [-0.2, 0) is 0 Å². The van der Waals surface area contributed by atoms with Gasteiger partial charge in [-0.25, -0.2) is 4.98 Å². The molecule has 23 heavy (non-hydrogen) atoms. The first-order chi connectivity index (χ1) is 11.1. The molecule has 1 saturated heterocycles. The Balaban J connectivity index is 1.94. The normalized spacial score (nSPS) is 16.3. The number of likely N-dealkylation sites (N-methyl/N-ethyl adjacent to an activating group) is 1. The van der Waals surface area contributed by atoms with Crippen LogP contribution in [0.3, 0.4) is 0 Å². The van der Waals surface area contributed by atoms with Crippen LogP contribution in [0.1, 0.15) is 10.5 Å². The monoisotopic (exact) mass is 309 g/mol. The minimum absolute atomic E-state index is 0.294. The number of carbonyl (C=O) groups is 1. The number of hydrogen-bond acceptors (Lipinski definition) is 4. The fraction of sp³-hybridized carbons (Fsp3) is 0.294. The summed E-state index contributed by atoms with van der Waals surface area (Å²) >= 11 is 0. The number of pyridine rings is 1. The number of rotatable bonds is 2. The number of primary amides is 1. The third-order valence-corrected chi connectivity index (χ3v) is 4.60. The molecule has 1 fully saturated rings. The summed E-state index contributed by atoms with van der Waals surface area (Å²) in [7, 11) is 2.15. The number of benzene rings is 1. The third kappa shape index (κ3) is 2.22. The third-order valence-electron chi connectivity index (χ3n) is 4.60. The quantitative estimate of drug-likeness (QED) is 0.753. The van der Waals surface area contributed by atoms with E-state index in [0.717, 1.165) is 48.0 Å². The molecule has 0 unspecified atom stereocenters. The molecule has 6 heteroatoms. The van der Waals surface area contributed by atoms with Crippen molar-refractivity contribution in [2.75, 3.05) is 38.1 Å². The van der Waals surface area contributed by atoms with Crippen LogP contribution in [-0.4, -0.2) is 54.0 Å². The Morgan fingerprint density at radius 2 is 2.00 bits per heavy atom. The maximum absolute atomic E-state index is 11.6. The summed E-state index contributed by atoms with van der Waals surface area (Å²) in [6.07, 6.45) is 1.65. The fourth-order valence-corrected chi connectivity index (χ4v) is 3.36. The average molecular weight is 309 g/mol. The number of nitrogens with zero attached hydrogens (tertiary/aromatic N) is 3. The Morgan fingerprint density at radius 1 is 1.22 bits per heavy atom. The van der Waals surface area contributed by atoms with Gasteiger partial charge in [0, 0.05) is 54.4 Å². The van der Waals surface area contributed by atoms with Gasteiger partial charge in [0.05, 0.1) is 5.52 Å². The van der Waals surface area contributed by atoms with Crippen molar-refractivity contribution in [2.24, 2.45) is 5.73 Å². The number of fused-ring (bicyclic) bond motifs is 3. The fourth-order valence-electron chi connectivity index (χ4n) is 3.36. The number of nitrogens with two attached hydrogens (primary N) is 1. The number of amides is 1. The van der Waals surface area contributed by atoms with Crippen LogP contribution in [0.5, 0.6) is 0 Å². The number of anilines is 1. The van der Waals surface area contributed by atoms with Gasteiger partial charge in [0.15, 0.2) is 5.69 Å². The van der Waals surface area contributed by atoms with E-state index in [1.807, 2.05) is 18.2 Å². The summed E-state index contributed by atoms with van der Waals surface area (Å²) < 4.78 is 0. The number of aromatic amines is 1. The smallest absolute Gasteiger partial charge is 0.269 e. The summed E-state index contributed by atoms with van der Waals surface area (Å²) in [5.41, 5.74) is 8.68. The van der Waals surface area contributed by atoms with Gasteiger partial charge in [-0.3, -0.25) is 4.79 Å². The van der Waals surface area contributed by atoms with Gasteiger partial charge < -0.3 is 20.5 Å². The van der Waals surface area contributed by atoms with E-state index in [1.54, 1.807) is 6.20 Å². The van der Waals surface area contributed by atoms with Crippen LogP contribution in [0.15, 0.2) is 30.5 Å². The van der Waals surface area contributed by atoms with Crippen molar-refractivity contribution in [1.29, 1.82) is 0 Å². The second-order valence-corrected chi connectivity index (χ2v) is 6.06. The molecule has 1 aromatic carbocycles. The highest BCUT2D eigenvalue weighted by molar-refractivity contribution is 6.17. The van der Waals surface area contributed by atoms with Crippen molar-refractivity contribution in [3.8, 4) is 0 Å². The molecule has 0 bridgehead atoms. The van der Waals surface area contributed by atoms with E-state index < -0.39 is 5.91 Å². The Hall–Kier alpha value is -2.60. The van der Waals surface area contributed by atoms with Crippen molar-refractivity contribution in [2.45, 2.75) is 0 Å². The molecule has 0 spiro atoms. The van der Waals surface area contributed by atoms with E-state index in [9.17, 15) is 4.79 Å². The van der Waals surface area contributed by atoms with E-state index in [1.165, 1.54) is 5.69 Å². The molecule has 3 aromatic rings. The van der Waals surface area contributed by atoms with Crippen LogP contribution >= 0.6 is 0 Å². The number of nitrogens with one attached hydrogen (secondary N) is 1. The second kappa shape index (κ2) is 5.24. The zero-order chi connectivity index (χ0) is 16.0. The van der Waals surface area contributed by atoms with Gasteiger partial charge in [-0.1, -0.05) is 6.07 Å². The van der Waals surface area contributed by atoms with Crippen molar-refractivity contribution in [1.82, 2.24) is 14.9 Å². The van der Waals surface area contributed by atoms with Gasteiger partial charge in [0.25, 0.3) is 5.91 Å². The molecule has 0 aliphatic carbocycles. The number of hydrogen-bond donors (Lipinski definition) is 2. The first-order valence-corrected chi connectivity index (χ1v) is 7.78. The highest BCUT2D eigenvalue weighted by Crippen LogP contribution is 2.34. The lowest BCUT2D eigenvalue weighted by molar-refractivity contribution is 0.0997. The molecule has 118 valence electrons. The molecule has 0 saturated carbocycles. The first kappa shape index (κ1) is 14.0. The lowest BCUT2D eigenvalue weighted by atomic mass is 10.1. The predicted molar refractivity (Wildman–Crippen MR) is 91.8 cm³/mol.